The number of hydrogen-bond acceptors (Lipinski definition) is 5. The van der Waals surface area contributed by atoms with E-state index in [0.29, 0.717) is 10.8 Å². The fourth-order valence-electron chi connectivity index (χ4n) is 2.70. The second-order valence-electron chi connectivity index (χ2n) is 6.17. The Hall–Kier alpha value is -3.69. The van der Waals surface area contributed by atoms with E-state index in [0.717, 1.165) is 27.9 Å². The van der Waals surface area contributed by atoms with Gasteiger partial charge in [0.15, 0.2) is 0 Å². The molecule has 0 aliphatic rings. The van der Waals surface area contributed by atoms with Gasteiger partial charge in [0.25, 0.3) is 5.89 Å². The van der Waals surface area contributed by atoms with Crippen LogP contribution in [-0.4, -0.2) is 20.3 Å². The molecule has 1 N–H and O–H groups in total. The maximum atomic E-state index is 9.60. The summed E-state index contributed by atoms with van der Waals surface area (Å²) in [5.41, 5.74) is 4.61. The van der Waals surface area contributed by atoms with Crippen molar-refractivity contribution in [1.82, 2.24) is 20.3 Å². The lowest BCUT2D eigenvalue weighted by Crippen LogP contribution is -1.85. The van der Waals surface area contributed by atoms with Gasteiger partial charge < -0.3 is 4.52 Å². The SMILES string of the molecule is Cc1ccc(-c2noc(/C(C#N)=C/c3cn[nH]c3-c3ccc(Cl)cc3)n2)cc1. The molecule has 136 valence electrons. The molecular weight excluding hydrogens is 374 g/mol. The average Bonchev–Trinajstić information content (AvgIpc) is 3.37. The predicted molar refractivity (Wildman–Crippen MR) is 107 cm³/mol. The Bertz CT molecular complexity index is 1180. The number of aryl methyl sites for hydroxylation is 1. The van der Waals surface area contributed by atoms with E-state index < -0.39 is 0 Å². The zero-order chi connectivity index (χ0) is 19.5. The van der Waals surface area contributed by atoms with Crippen LogP contribution in [0.25, 0.3) is 34.3 Å². The zero-order valence-electron chi connectivity index (χ0n) is 14.8. The summed E-state index contributed by atoms with van der Waals surface area (Å²) in [6, 6.07) is 17.2. The third-order valence-electron chi connectivity index (χ3n) is 4.19. The third-order valence-corrected chi connectivity index (χ3v) is 4.44. The summed E-state index contributed by atoms with van der Waals surface area (Å²) in [5.74, 6) is 0.586. The number of benzene rings is 2. The van der Waals surface area contributed by atoms with Crippen molar-refractivity contribution in [2.24, 2.45) is 0 Å². The largest absolute Gasteiger partial charge is 0.333 e. The molecule has 0 spiro atoms. The molecule has 0 aliphatic heterocycles. The fourth-order valence-corrected chi connectivity index (χ4v) is 2.83. The van der Waals surface area contributed by atoms with Crippen LogP contribution in [0.1, 0.15) is 17.0 Å². The molecule has 7 heteroatoms. The summed E-state index contributed by atoms with van der Waals surface area (Å²) in [6.07, 6.45) is 3.30. The number of rotatable bonds is 4. The third kappa shape index (κ3) is 3.56. The van der Waals surface area contributed by atoms with E-state index in [1.807, 2.05) is 43.3 Å². The molecule has 2 aromatic heterocycles. The smallest absolute Gasteiger partial charge is 0.268 e. The second kappa shape index (κ2) is 7.51. The molecule has 0 amide bonds. The number of allylic oxidation sites excluding steroid dienone is 1. The molecule has 4 aromatic rings. The first kappa shape index (κ1) is 17.7. The highest BCUT2D eigenvalue weighted by atomic mass is 35.5. The van der Waals surface area contributed by atoms with Gasteiger partial charge in [-0.3, -0.25) is 5.10 Å². The number of nitrogens with zero attached hydrogens (tertiary/aromatic N) is 4. The predicted octanol–water partition coefficient (Wildman–Crippen LogP) is 5.15. The number of nitriles is 1. The highest BCUT2D eigenvalue weighted by Gasteiger charge is 2.15. The van der Waals surface area contributed by atoms with E-state index in [4.69, 9.17) is 16.1 Å². The van der Waals surface area contributed by atoms with E-state index in [1.54, 1.807) is 24.4 Å². The first-order valence-corrected chi connectivity index (χ1v) is 8.84. The van der Waals surface area contributed by atoms with Gasteiger partial charge in [0.05, 0.1) is 11.9 Å². The van der Waals surface area contributed by atoms with Crippen molar-refractivity contribution in [3.05, 3.63) is 76.8 Å². The van der Waals surface area contributed by atoms with Crippen molar-refractivity contribution in [1.29, 1.82) is 5.26 Å². The number of halogens is 1. The van der Waals surface area contributed by atoms with Gasteiger partial charge in [0.2, 0.25) is 5.82 Å². The Morgan fingerprint density at radius 3 is 2.54 bits per heavy atom. The van der Waals surface area contributed by atoms with Crippen molar-refractivity contribution in [2.45, 2.75) is 6.92 Å². The fraction of sp³-hybridized carbons (Fsp3) is 0.0476. The van der Waals surface area contributed by atoms with Crippen molar-refractivity contribution in [3.63, 3.8) is 0 Å². The molecule has 0 atom stereocenters. The second-order valence-corrected chi connectivity index (χ2v) is 6.60. The van der Waals surface area contributed by atoms with Crippen LogP contribution < -0.4 is 0 Å². The summed E-state index contributed by atoms with van der Waals surface area (Å²) in [6.45, 7) is 2.01. The quantitative estimate of drug-likeness (QED) is 0.489. The van der Waals surface area contributed by atoms with Crippen molar-refractivity contribution < 1.29 is 4.52 Å². The lowest BCUT2D eigenvalue weighted by atomic mass is 10.1. The first-order valence-electron chi connectivity index (χ1n) is 8.46. The van der Waals surface area contributed by atoms with Crippen LogP contribution in [0.4, 0.5) is 0 Å². The number of aromatic amines is 1. The summed E-state index contributed by atoms with van der Waals surface area (Å²) >= 11 is 5.95. The van der Waals surface area contributed by atoms with Gasteiger partial charge in [-0.15, -0.1) is 0 Å². The van der Waals surface area contributed by atoms with Gasteiger partial charge in [-0.1, -0.05) is 58.7 Å². The lowest BCUT2D eigenvalue weighted by Gasteiger charge is -2.00. The maximum Gasteiger partial charge on any atom is 0.268 e. The Morgan fingerprint density at radius 1 is 1.11 bits per heavy atom. The highest BCUT2D eigenvalue weighted by Crippen LogP contribution is 2.27. The van der Waals surface area contributed by atoms with Crippen LogP contribution in [0.15, 0.2) is 59.3 Å². The van der Waals surface area contributed by atoms with Crippen LogP contribution in [0.5, 0.6) is 0 Å². The maximum absolute atomic E-state index is 9.60. The van der Waals surface area contributed by atoms with Crippen LogP contribution in [0.3, 0.4) is 0 Å². The minimum absolute atomic E-state index is 0.154. The Kier molecular flexibility index (Phi) is 4.75. The van der Waals surface area contributed by atoms with Crippen LogP contribution >= 0.6 is 11.6 Å². The normalized spacial score (nSPS) is 11.4. The standard InChI is InChI=1S/C21H14ClN5O/c1-13-2-4-15(5-3-13)20-25-21(28-27-20)16(11-23)10-17-12-24-26-19(17)14-6-8-18(22)9-7-14/h2-10,12H,1H3,(H,24,26)/b16-10+. The van der Waals surface area contributed by atoms with Gasteiger partial charge in [-0.25, -0.2) is 0 Å². The summed E-state index contributed by atoms with van der Waals surface area (Å²) in [4.78, 5) is 4.36. The van der Waals surface area contributed by atoms with Crippen LogP contribution in [-0.2, 0) is 0 Å². The molecule has 0 aliphatic carbocycles. The summed E-state index contributed by atoms with van der Waals surface area (Å²) < 4.78 is 5.31. The minimum Gasteiger partial charge on any atom is -0.333 e. The molecule has 4 rings (SSSR count). The molecule has 0 unspecified atom stereocenters. The van der Waals surface area contributed by atoms with Crippen LogP contribution in [0, 0.1) is 18.3 Å². The molecule has 0 saturated carbocycles. The number of hydrogen-bond donors (Lipinski definition) is 1. The topological polar surface area (TPSA) is 91.4 Å². The summed E-state index contributed by atoms with van der Waals surface area (Å²) in [5, 5.41) is 21.3. The van der Waals surface area contributed by atoms with Crippen LogP contribution in [0.2, 0.25) is 5.02 Å². The van der Waals surface area contributed by atoms with Gasteiger partial charge in [0.1, 0.15) is 11.6 Å². The van der Waals surface area contributed by atoms with E-state index in [9.17, 15) is 5.26 Å². The number of aromatic nitrogens is 4. The van der Waals surface area contributed by atoms with Crippen molar-refractivity contribution >= 4 is 23.3 Å². The zero-order valence-corrected chi connectivity index (χ0v) is 15.6. The molecule has 2 heterocycles. The summed E-state index contributed by atoms with van der Waals surface area (Å²) in [7, 11) is 0. The van der Waals surface area contributed by atoms with Gasteiger partial charge >= 0.3 is 0 Å². The number of nitrogens with one attached hydrogen (secondary N) is 1. The van der Waals surface area contributed by atoms with E-state index in [-0.39, 0.29) is 11.5 Å². The molecule has 6 nitrogen and oxygen atoms in total. The molecule has 0 bridgehead atoms. The Labute approximate surface area is 166 Å². The Balaban J connectivity index is 1.68. The molecule has 0 saturated heterocycles. The van der Waals surface area contributed by atoms with Crippen molar-refractivity contribution in [2.75, 3.05) is 0 Å². The molecule has 2 aromatic carbocycles. The van der Waals surface area contributed by atoms with E-state index in [1.165, 1.54) is 0 Å². The molecule has 28 heavy (non-hydrogen) atoms. The Morgan fingerprint density at radius 2 is 1.82 bits per heavy atom. The van der Waals surface area contributed by atoms with Gasteiger partial charge in [0, 0.05) is 21.7 Å². The van der Waals surface area contributed by atoms with Gasteiger partial charge in [-0.2, -0.15) is 15.3 Å². The van der Waals surface area contributed by atoms with Gasteiger partial charge in [-0.05, 0) is 25.1 Å². The lowest BCUT2D eigenvalue weighted by molar-refractivity contribution is 0.409. The van der Waals surface area contributed by atoms with E-state index >= 15 is 0 Å². The molecule has 0 radical (unpaired) electrons. The first-order chi connectivity index (χ1) is 13.6. The molecule has 0 fully saturated rings. The van der Waals surface area contributed by atoms with E-state index in [2.05, 4.69) is 26.4 Å². The molecular formula is C21H14ClN5O. The monoisotopic (exact) mass is 387 g/mol. The van der Waals surface area contributed by atoms with Crippen molar-refractivity contribution in [3.8, 4) is 28.7 Å². The minimum atomic E-state index is 0.154. The highest BCUT2D eigenvalue weighted by molar-refractivity contribution is 6.30. The average molecular weight is 388 g/mol. The number of H-pyrrole nitrogens is 1.